The smallest absolute Gasteiger partial charge is 0.191 e. The van der Waals surface area contributed by atoms with E-state index in [4.69, 9.17) is 4.74 Å². The Balaban J connectivity index is 2.69. The first-order chi connectivity index (χ1) is 4.83. The zero-order valence-corrected chi connectivity index (χ0v) is 6.29. The van der Waals surface area contributed by atoms with Crippen molar-refractivity contribution in [2.75, 3.05) is 7.11 Å². The van der Waals surface area contributed by atoms with Crippen LogP contribution in [0, 0.1) is 0 Å². The van der Waals surface area contributed by atoms with Crippen LogP contribution in [0.15, 0.2) is 28.9 Å². The van der Waals surface area contributed by atoms with E-state index in [0.29, 0.717) is 0 Å². The fraction of sp³-hybridized carbons (Fsp3) is 0.375. The molecule has 0 atom stereocenters. The number of hydrogen-bond donors (Lipinski definition) is 0. The highest BCUT2D eigenvalue weighted by Gasteiger charge is 1.96. The second kappa shape index (κ2) is 3.20. The van der Waals surface area contributed by atoms with Crippen LogP contribution in [0.1, 0.15) is 13.3 Å². The van der Waals surface area contributed by atoms with Crippen molar-refractivity contribution in [3.05, 3.63) is 23.9 Å². The number of hydrogen-bond acceptors (Lipinski definition) is 2. The molecule has 0 radical (unpaired) electrons. The summed E-state index contributed by atoms with van der Waals surface area (Å²) in [5.41, 5.74) is 1.23. The molecule has 54 valence electrons. The molecule has 10 heavy (non-hydrogen) atoms. The molecular formula is C8H11NO. The maximum atomic E-state index is 4.97. The first-order valence-corrected chi connectivity index (χ1v) is 3.27. The summed E-state index contributed by atoms with van der Waals surface area (Å²) in [5, 5.41) is 0. The fourth-order valence-electron chi connectivity index (χ4n) is 0.743. The normalized spacial score (nSPS) is 17.4. The summed E-state index contributed by atoms with van der Waals surface area (Å²) >= 11 is 0. The minimum absolute atomic E-state index is 0.771. The topological polar surface area (TPSA) is 21.6 Å². The first kappa shape index (κ1) is 7.06. The standard InChI is InChI=1S/C8H11NO/c1-7-3-4-8(10-2)9-6-5-7/h3,5-6H,4H2,1-2H3. The summed E-state index contributed by atoms with van der Waals surface area (Å²) in [4.78, 5) is 4.05. The van der Waals surface area contributed by atoms with Gasteiger partial charge in [0.05, 0.1) is 7.11 Å². The molecule has 2 nitrogen and oxygen atoms in total. The molecule has 0 amide bonds. The van der Waals surface area contributed by atoms with E-state index in [-0.39, 0.29) is 0 Å². The molecule has 0 fully saturated rings. The molecule has 1 aliphatic heterocycles. The van der Waals surface area contributed by atoms with Crippen LogP contribution in [-0.4, -0.2) is 13.0 Å². The summed E-state index contributed by atoms with van der Waals surface area (Å²) < 4.78 is 4.97. The van der Waals surface area contributed by atoms with Gasteiger partial charge in [-0.15, -0.1) is 0 Å². The second-order valence-electron chi connectivity index (χ2n) is 2.19. The van der Waals surface area contributed by atoms with Gasteiger partial charge < -0.3 is 4.74 Å². The van der Waals surface area contributed by atoms with E-state index in [2.05, 4.69) is 11.1 Å². The average Bonchev–Trinajstić information content (AvgIpc) is 2.14. The van der Waals surface area contributed by atoms with Gasteiger partial charge in [0.15, 0.2) is 5.90 Å². The molecule has 0 unspecified atom stereocenters. The Kier molecular flexibility index (Phi) is 2.26. The molecule has 0 aromatic heterocycles. The molecule has 1 heterocycles. The molecule has 1 aliphatic rings. The quantitative estimate of drug-likeness (QED) is 0.499. The summed E-state index contributed by atoms with van der Waals surface area (Å²) in [6.45, 7) is 2.05. The highest BCUT2D eigenvalue weighted by Crippen LogP contribution is 2.04. The number of methoxy groups -OCH3 is 1. The highest BCUT2D eigenvalue weighted by atomic mass is 16.5. The lowest BCUT2D eigenvalue weighted by Crippen LogP contribution is -1.97. The van der Waals surface area contributed by atoms with Crippen molar-refractivity contribution in [3.63, 3.8) is 0 Å². The molecule has 0 saturated carbocycles. The molecule has 0 spiro atoms. The SMILES string of the molecule is COC1=NC=CC(C)=CC1. The van der Waals surface area contributed by atoms with E-state index in [1.165, 1.54) is 5.57 Å². The molecule has 0 N–H and O–H groups in total. The van der Waals surface area contributed by atoms with Crippen molar-refractivity contribution in [1.29, 1.82) is 0 Å². The predicted octanol–water partition coefficient (Wildman–Crippen LogP) is 1.89. The van der Waals surface area contributed by atoms with E-state index in [1.54, 1.807) is 13.3 Å². The van der Waals surface area contributed by atoms with Gasteiger partial charge >= 0.3 is 0 Å². The van der Waals surface area contributed by atoms with Crippen LogP contribution in [0.2, 0.25) is 0 Å². The van der Waals surface area contributed by atoms with Crippen LogP contribution in [0.4, 0.5) is 0 Å². The Morgan fingerprint density at radius 1 is 1.60 bits per heavy atom. The van der Waals surface area contributed by atoms with Crippen molar-refractivity contribution in [2.45, 2.75) is 13.3 Å². The first-order valence-electron chi connectivity index (χ1n) is 3.27. The lowest BCUT2D eigenvalue weighted by molar-refractivity contribution is 0.395. The minimum atomic E-state index is 0.771. The lowest BCUT2D eigenvalue weighted by Gasteiger charge is -1.96. The van der Waals surface area contributed by atoms with Gasteiger partial charge in [0.2, 0.25) is 0 Å². The van der Waals surface area contributed by atoms with Gasteiger partial charge in [0.1, 0.15) is 0 Å². The maximum absolute atomic E-state index is 4.97. The van der Waals surface area contributed by atoms with Gasteiger partial charge in [-0.1, -0.05) is 11.6 Å². The van der Waals surface area contributed by atoms with Crippen LogP contribution in [-0.2, 0) is 4.74 Å². The zero-order valence-electron chi connectivity index (χ0n) is 6.29. The van der Waals surface area contributed by atoms with Gasteiger partial charge in [-0.25, -0.2) is 4.99 Å². The van der Waals surface area contributed by atoms with Gasteiger partial charge in [-0.3, -0.25) is 0 Å². The Bertz CT molecular complexity index is 199. The van der Waals surface area contributed by atoms with Crippen LogP contribution >= 0.6 is 0 Å². The Morgan fingerprint density at radius 3 is 3.10 bits per heavy atom. The summed E-state index contributed by atoms with van der Waals surface area (Å²) in [6, 6.07) is 0. The summed E-state index contributed by atoms with van der Waals surface area (Å²) in [5.74, 6) is 0.771. The third kappa shape index (κ3) is 1.72. The number of rotatable bonds is 0. The van der Waals surface area contributed by atoms with E-state index < -0.39 is 0 Å². The second-order valence-corrected chi connectivity index (χ2v) is 2.19. The van der Waals surface area contributed by atoms with E-state index in [9.17, 15) is 0 Å². The third-order valence-corrected chi connectivity index (χ3v) is 1.39. The van der Waals surface area contributed by atoms with Gasteiger partial charge in [-0.2, -0.15) is 0 Å². The van der Waals surface area contributed by atoms with Crippen LogP contribution in [0.25, 0.3) is 0 Å². The van der Waals surface area contributed by atoms with Gasteiger partial charge in [0.25, 0.3) is 0 Å². The monoisotopic (exact) mass is 137 g/mol. The average molecular weight is 137 g/mol. The van der Waals surface area contributed by atoms with E-state index in [0.717, 1.165) is 12.3 Å². The van der Waals surface area contributed by atoms with Crippen molar-refractivity contribution >= 4 is 5.90 Å². The van der Waals surface area contributed by atoms with E-state index >= 15 is 0 Å². The Labute approximate surface area is 60.9 Å². The Hall–Kier alpha value is -1.05. The Morgan fingerprint density at radius 2 is 2.40 bits per heavy atom. The molecule has 0 bridgehead atoms. The maximum Gasteiger partial charge on any atom is 0.191 e. The van der Waals surface area contributed by atoms with Crippen molar-refractivity contribution < 1.29 is 4.74 Å². The lowest BCUT2D eigenvalue weighted by atomic mass is 10.2. The van der Waals surface area contributed by atoms with Gasteiger partial charge in [-0.05, 0) is 13.0 Å². The zero-order chi connectivity index (χ0) is 7.40. The molecule has 2 heteroatoms. The fourth-order valence-corrected chi connectivity index (χ4v) is 0.743. The van der Waals surface area contributed by atoms with Crippen LogP contribution < -0.4 is 0 Å². The van der Waals surface area contributed by atoms with Gasteiger partial charge in [0, 0.05) is 12.6 Å². The number of aliphatic imine (C=N–C) groups is 1. The predicted molar refractivity (Wildman–Crippen MR) is 42.0 cm³/mol. The number of nitrogens with zero attached hydrogens (tertiary/aromatic N) is 1. The van der Waals surface area contributed by atoms with Crippen LogP contribution in [0.5, 0.6) is 0 Å². The molecule has 0 aromatic rings. The summed E-state index contributed by atoms with van der Waals surface area (Å²) in [6.07, 6.45) is 6.62. The molecule has 0 saturated heterocycles. The van der Waals surface area contributed by atoms with Crippen molar-refractivity contribution in [3.8, 4) is 0 Å². The van der Waals surface area contributed by atoms with Crippen LogP contribution in [0.3, 0.4) is 0 Å². The number of ether oxygens (including phenoxy) is 1. The molecular weight excluding hydrogens is 126 g/mol. The van der Waals surface area contributed by atoms with Crippen molar-refractivity contribution in [2.24, 2.45) is 4.99 Å². The highest BCUT2D eigenvalue weighted by molar-refractivity contribution is 5.78. The van der Waals surface area contributed by atoms with Crippen molar-refractivity contribution in [1.82, 2.24) is 0 Å². The third-order valence-electron chi connectivity index (χ3n) is 1.39. The molecule has 0 aliphatic carbocycles. The largest absolute Gasteiger partial charge is 0.484 e. The number of allylic oxidation sites excluding steroid dienone is 2. The molecule has 1 rings (SSSR count). The minimum Gasteiger partial charge on any atom is -0.484 e. The molecule has 0 aromatic carbocycles. The summed E-state index contributed by atoms with van der Waals surface area (Å²) in [7, 11) is 1.64. The van der Waals surface area contributed by atoms with E-state index in [1.807, 2.05) is 13.0 Å².